The maximum atomic E-state index is 12.3. The van der Waals surface area contributed by atoms with E-state index in [4.69, 9.17) is 0 Å². The van der Waals surface area contributed by atoms with Crippen LogP contribution < -0.4 is 0 Å². The van der Waals surface area contributed by atoms with Crippen molar-refractivity contribution in [3.8, 4) is 0 Å². The van der Waals surface area contributed by atoms with Crippen molar-refractivity contribution >= 4 is 5.91 Å². The number of rotatable bonds is 5. The van der Waals surface area contributed by atoms with Gasteiger partial charge in [-0.2, -0.15) is 0 Å². The van der Waals surface area contributed by atoms with Gasteiger partial charge in [-0.05, 0) is 39.4 Å². The second-order valence-corrected chi connectivity index (χ2v) is 7.44. The van der Waals surface area contributed by atoms with Crippen LogP contribution in [0, 0.1) is 11.8 Å². The molecule has 23 heavy (non-hydrogen) atoms. The first-order chi connectivity index (χ1) is 10.9. The molecule has 3 aliphatic rings. The molecule has 0 saturated carbocycles. The van der Waals surface area contributed by atoms with Crippen molar-refractivity contribution in [2.45, 2.75) is 32.0 Å². The van der Waals surface area contributed by atoms with Crippen molar-refractivity contribution in [2.75, 3.05) is 41.3 Å². The maximum Gasteiger partial charge on any atom is 0.226 e. The van der Waals surface area contributed by atoms with Crippen LogP contribution in [0.2, 0.25) is 0 Å². The highest BCUT2D eigenvalue weighted by Gasteiger charge is 2.43. The number of fused-ring (bicyclic) bond motifs is 3. The number of carbonyl (C=O) groups is 1. The summed E-state index contributed by atoms with van der Waals surface area (Å²) in [5, 5.41) is 8.51. The van der Waals surface area contributed by atoms with E-state index in [2.05, 4.69) is 20.1 Å². The number of aromatic nitrogens is 3. The minimum Gasteiger partial charge on any atom is -0.349 e. The van der Waals surface area contributed by atoms with E-state index in [-0.39, 0.29) is 11.8 Å². The molecule has 0 radical (unpaired) electrons. The van der Waals surface area contributed by atoms with Crippen molar-refractivity contribution in [1.29, 1.82) is 0 Å². The Labute approximate surface area is 138 Å². The van der Waals surface area contributed by atoms with Gasteiger partial charge in [0.05, 0.1) is 18.2 Å². The molecular weight excluding hydrogens is 292 g/mol. The molecular formula is C16H28N6O. The van der Waals surface area contributed by atoms with E-state index in [1.807, 2.05) is 39.1 Å². The minimum absolute atomic E-state index is 0.176. The SMILES string of the molecule is CN(C)Cc1cn(C[C@H]2C[C@H]3CCN2C[C@@H]3C(=O)N(C)C)nn1. The first kappa shape index (κ1) is 16.4. The summed E-state index contributed by atoms with van der Waals surface area (Å²) in [7, 11) is 7.79. The third-order valence-electron chi connectivity index (χ3n) is 5.10. The predicted octanol–water partition coefficient (Wildman–Crippen LogP) is 0.138. The summed E-state index contributed by atoms with van der Waals surface area (Å²) < 4.78 is 1.97. The Hall–Kier alpha value is -1.47. The van der Waals surface area contributed by atoms with E-state index in [0.29, 0.717) is 12.0 Å². The highest BCUT2D eigenvalue weighted by Crippen LogP contribution is 2.37. The van der Waals surface area contributed by atoms with Gasteiger partial charge in [-0.25, -0.2) is 0 Å². The molecule has 7 heteroatoms. The standard InChI is InChI=1S/C16H28N6O/c1-19(2)8-13-9-22(18-17-13)10-14-7-12-5-6-21(14)11-15(12)16(23)20(3)4/h9,12,14-15H,5-8,10-11H2,1-4H3/t12-,14-,15+/m1/s1. The van der Waals surface area contributed by atoms with Crippen molar-refractivity contribution in [3.05, 3.63) is 11.9 Å². The average molecular weight is 320 g/mol. The van der Waals surface area contributed by atoms with Crippen LogP contribution in [-0.4, -0.2) is 82.9 Å². The molecule has 3 saturated heterocycles. The first-order valence-corrected chi connectivity index (χ1v) is 8.43. The van der Waals surface area contributed by atoms with Crippen molar-refractivity contribution < 1.29 is 4.79 Å². The second-order valence-electron chi connectivity index (χ2n) is 7.44. The van der Waals surface area contributed by atoms with E-state index in [1.165, 1.54) is 0 Å². The molecule has 3 aliphatic heterocycles. The summed E-state index contributed by atoms with van der Waals surface area (Å²) in [6.45, 7) is 3.69. The Bertz CT molecular complexity index is 555. The van der Waals surface area contributed by atoms with Crippen LogP contribution in [0.1, 0.15) is 18.5 Å². The number of carbonyl (C=O) groups excluding carboxylic acids is 1. The smallest absolute Gasteiger partial charge is 0.226 e. The van der Waals surface area contributed by atoms with Gasteiger partial charge in [-0.1, -0.05) is 5.21 Å². The molecule has 1 aromatic heterocycles. The fourth-order valence-corrected chi connectivity index (χ4v) is 3.98. The molecule has 1 aromatic rings. The van der Waals surface area contributed by atoms with Crippen LogP contribution in [-0.2, 0) is 17.9 Å². The van der Waals surface area contributed by atoms with Crippen LogP contribution >= 0.6 is 0 Å². The zero-order valence-electron chi connectivity index (χ0n) is 14.6. The lowest BCUT2D eigenvalue weighted by molar-refractivity contribution is -0.141. The van der Waals surface area contributed by atoms with E-state index in [0.717, 1.165) is 44.7 Å². The Morgan fingerprint density at radius 1 is 1.35 bits per heavy atom. The van der Waals surface area contributed by atoms with E-state index in [1.54, 1.807) is 4.90 Å². The van der Waals surface area contributed by atoms with Gasteiger partial charge in [0.1, 0.15) is 0 Å². The molecule has 4 rings (SSSR count). The Morgan fingerprint density at radius 2 is 2.13 bits per heavy atom. The van der Waals surface area contributed by atoms with Crippen LogP contribution in [0.15, 0.2) is 6.20 Å². The number of hydrogen-bond acceptors (Lipinski definition) is 5. The maximum absolute atomic E-state index is 12.3. The molecule has 0 spiro atoms. The fraction of sp³-hybridized carbons (Fsp3) is 0.812. The summed E-state index contributed by atoms with van der Waals surface area (Å²) in [6.07, 6.45) is 4.28. The van der Waals surface area contributed by atoms with Crippen LogP contribution in [0.4, 0.5) is 0 Å². The van der Waals surface area contributed by atoms with Gasteiger partial charge in [0.15, 0.2) is 0 Å². The van der Waals surface area contributed by atoms with Crippen LogP contribution in [0.25, 0.3) is 0 Å². The lowest BCUT2D eigenvalue weighted by Gasteiger charge is -2.49. The van der Waals surface area contributed by atoms with Gasteiger partial charge in [0, 0.05) is 39.4 Å². The average Bonchev–Trinajstić information content (AvgIpc) is 2.93. The molecule has 1 unspecified atom stereocenters. The third kappa shape index (κ3) is 3.55. The quantitative estimate of drug-likeness (QED) is 0.772. The van der Waals surface area contributed by atoms with E-state index < -0.39 is 0 Å². The molecule has 1 amide bonds. The van der Waals surface area contributed by atoms with Crippen molar-refractivity contribution in [2.24, 2.45) is 11.8 Å². The van der Waals surface area contributed by atoms with Gasteiger partial charge in [-0.15, -0.1) is 5.10 Å². The number of hydrogen-bond donors (Lipinski definition) is 0. The van der Waals surface area contributed by atoms with Gasteiger partial charge in [0.2, 0.25) is 5.91 Å². The van der Waals surface area contributed by atoms with Gasteiger partial charge >= 0.3 is 0 Å². The van der Waals surface area contributed by atoms with Gasteiger partial charge in [-0.3, -0.25) is 14.4 Å². The summed E-state index contributed by atoms with van der Waals surface area (Å²) in [6, 6.07) is 0.480. The van der Waals surface area contributed by atoms with Crippen LogP contribution in [0.3, 0.4) is 0 Å². The van der Waals surface area contributed by atoms with Gasteiger partial charge in [0.25, 0.3) is 0 Å². The zero-order chi connectivity index (χ0) is 16.6. The monoisotopic (exact) mass is 320 g/mol. The van der Waals surface area contributed by atoms with Crippen molar-refractivity contribution in [1.82, 2.24) is 29.7 Å². The largest absolute Gasteiger partial charge is 0.349 e. The predicted molar refractivity (Wildman–Crippen MR) is 87.7 cm³/mol. The number of nitrogens with zero attached hydrogens (tertiary/aromatic N) is 6. The molecule has 4 heterocycles. The normalized spacial score (nSPS) is 30.0. The molecule has 3 fully saturated rings. The topological polar surface area (TPSA) is 57.5 Å². The van der Waals surface area contributed by atoms with E-state index in [9.17, 15) is 4.79 Å². The Morgan fingerprint density at radius 3 is 2.74 bits per heavy atom. The number of piperidine rings is 3. The fourth-order valence-electron chi connectivity index (χ4n) is 3.98. The van der Waals surface area contributed by atoms with Crippen molar-refractivity contribution in [3.63, 3.8) is 0 Å². The molecule has 0 aromatic carbocycles. The minimum atomic E-state index is 0.176. The molecule has 128 valence electrons. The molecule has 2 bridgehead atoms. The Balaban J connectivity index is 1.61. The molecule has 7 nitrogen and oxygen atoms in total. The van der Waals surface area contributed by atoms with Crippen LogP contribution in [0.5, 0.6) is 0 Å². The molecule has 4 atom stereocenters. The number of amides is 1. The highest BCUT2D eigenvalue weighted by molar-refractivity contribution is 5.79. The highest BCUT2D eigenvalue weighted by atomic mass is 16.2. The summed E-state index contributed by atoms with van der Waals surface area (Å²) in [5.74, 6) is 0.979. The summed E-state index contributed by atoms with van der Waals surface area (Å²) in [4.78, 5) is 18.6. The zero-order valence-corrected chi connectivity index (χ0v) is 14.6. The lowest BCUT2D eigenvalue weighted by atomic mass is 9.75. The van der Waals surface area contributed by atoms with E-state index >= 15 is 0 Å². The Kier molecular flexibility index (Phi) is 4.68. The molecule has 0 aliphatic carbocycles. The summed E-state index contributed by atoms with van der Waals surface area (Å²) >= 11 is 0. The molecule has 0 N–H and O–H groups in total. The lowest BCUT2D eigenvalue weighted by Crippen LogP contribution is -2.57. The third-order valence-corrected chi connectivity index (χ3v) is 5.10. The second kappa shape index (κ2) is 6.57. The first-order valence-electron chi connectivity index (χ1n) is 8.43. The summed E-state index contributed by atoms with van der Waals surface area (Å²) in [5.41, 5.74) is 1.01. The van der Waals surface area contributed by atoms with Gasteiger partial charge < -0.3 is 9.80 Å².